The molecule has 0 saturated heterocycles. The zero-order chi connectivity index (χ0) is 14.4. The lowest BCUT2D eigenvalue weighted by atomic mass is 10.2. The van der Waals surface area contributed by atoms with E-state index in [2.05, 4.69) is 10.4 Å². The molecule has 1 heterocycles. The number of rotatable bonds is 7. The third-order valence-corrected chi connectivity index (χ3v) is 3.07. The molecule has 20 heavy (non-hydrogen) atoms. The fourth-order valence-corrected chi connectivity index (χ4v) is 2.11. The number of hydrogen-bond donors (Lipinski definition) is 1. The Morgan fingerprint density at radius 3 is 2.70 bits per heavy atom. The Hall–Kier alpha value is -2.01. The number of hydrogen-bond acceptors (Lipinski definition) is 4. The Kier molecular flexibility index (Phi) is 5.01. The minimum atomic E-state index is 0.631. The van der Waals surface area contributed by atoms with E-state index >= 15 is 0 Å². The molecule has 0 atom stereocenters. The monoisotopic (exact) mass is 275 g/mol. The van der Waals surface area contributed by atoms with Gasteiger partial charge in [0.25, 0.3) is 0 Å². The molecule has 0 radical (unpaired) electrons. The van der Waals surface area contributed by atoms with Crippen LogP contribution < -0.4 is 14.8 Å². The van der Waals surface area contributed by atoms with Crippen molar-refractivity contribution in [3.63, 3.8) is 0 Å². The number of aryl methyl sites for hydroxylation is 2. The van der Waals surface area contributed by atoms with E-state index in [9.17, 15) is 0 Å². The van der Waals surface area contributed by atoms with Gasteiger partial charge in [-0.25, -0.2) is 4.68 Å². The molecule has 5 heteroatoms. The molecule has 0 bridgehead atoms. The normalized spacial score (nSPS) is 10.6. The molecule has 0 spiro atoms. The van der Waals surface area contributed by atoms with E-state index in [1.807, 2.05) is 44.3 Å². The van der Waals surface area contributed by atoms with Crippen LogP contribution in [0.2, 0.25) is 0 Å². The van der Waals surface area contributed by atoms with Crippen LogP contribution in [0.5, 0.6) is 11.6 Å². The summed E-state index contributed by atoms with van der Waals surface area (Å²) >= 11 is 0. The van der Waals surface area contributed by atoms with Gasteiger partial charge in [0, 0.05) is 20.1 Å². The van der Waals surface area contributed by atoms with E-state index in [0.29, 0.717) is 6.61 Å². The number of aromatic nitrogens is 2. The van der Waals surface area contributed by atoms with Gasteiger partial charge in [-0.3, -0.25) is 0 Å². The first-order valence-electron chi connectivity index (χ1n) is 6.67. The minimum Gasteiger partial charge on any atom is -0.492 e. The van der Waals surface area contributed by atoms with Gasteiger partial charge in [0.05, 0.1) is 18.4 Å². The lowest BCUT2D eigenvalue weighted by Gasteiger charge is -2.08. The first-order valence-corrected chi connectivity index (χ1v) is 6.67. The van der Waals surface area contributed by atoms with E-state index in [-0.39, 0.29) is 0 Å². The molecule has 1 N–H and O–H groups in total. The van der Waals surface area contributed by atoms with Crippen molar-refractivity contribution in [2.75, 3.05) is 20.3 Å². The number of methoxy groups -OCH3 is 1. The van der Waals surface area contributed by atoms with Crippen molar-refractivity contribution in [1.82, 2.24) is 15.1 Å². The van der Waals surface area contributed by atoms with Crippen LogP contribution in [0.4, 0.5) is 0 Å². The highest BCUT2D eigenvalue weighted by molar-refractivity contribution is 5.30. The van der Waals surface area contributed by atoms with Crippen molar-refractivity contribution in [3.8, 4) is 11.6 Å². The summed E-state index contributed by atoms with van der Waals surface area (Å²) in [5.74, 6) is 1.70. The maximum Gasteiger partial charge on any atom is 0.216 e. The number of benzene rings is 1. The van der Waals surface area contributed by atoms with Crippen LogP contribution in [0, 0.1) is 6.92 Å². The van der Waals surface area contributed by atoms with Crippen LogP contribution in [0.1, 0.15) is 11.3 Å². The fourth-order valence-electron chi connectivity index (χ4n) is 2.11. The molecule has 1 aromatic carbocycles. The summed E-state index contributed by atoms with van der Waals surface area (Å²) in [6.45, 7) is 4.11. The van der Waals surface area contributed by atoms with E-state index in [1.54, 1.807) is 11.8 Å². The summed E-state index contributed by atoms with van der Waals surface area (Å²) in [6, 6.07) is 9.81. The van der Waals surface area contributed by atoms with Crippen molar-refractivity contribution < 1.29 is 9.47 Å². The molecule has 1 aromatic heterocycles. The molecule has 2 rings (SSSR count). The summed E-state index contributed by atoms with van der Waals surface area (Å²) in [4.78, 5) is 0. The Balaban J connectivity index is 1.76. The fraction of sp³-hybridized carbons (Fsp3) is 0.400. The Labute approximate surface area is 119 Å². The summed E-state index contributed by atoms with van der Waals surface area (Å²) in [5.41, 5.74) is 2.08. The van der Waals surface area contributed by atoms with Crippen LogP contribution >= 0.6 is 0 Å². The number of nitrogens with one attached hydrogen (secondary N) is 1. The second-order valence-electron chi connectivity index (χ2n) is 4.54. The van der Waals surface area contributed by atoms with Gasteiger partial charge in [-0.1, -0.05) is 18.2 Å². The van der Waals surface area contributed by atoms with Gasteiger partial charge in [-0.15, -0.1) is 0 Å². The zero-order valence-electron chi connectivity index (χ0n) is 12.2. The average molecular weight is 275 g/mol. The molecule has 0 aliphatic carbocycles. The summed E-state index contributed by atoms with van der Waals surface area (Å²) in [5, 5.41) is 7.69. The van der Waals surface area contributed by atoms with Crippen LogP contribution in [-0.2, 0) is 13.6 Å². The maximum absolute atomic E-state index is 5.62. The minimum absolute atomic E-state index is 0.631. The lowest BCUT2D eigenvalue weighted by molar-refractivity contribution is 0.312. The largest absolute Gasteiger partial charge is 0.492 e. The topological polar surface area (TPSA) is 48.3 Å². The Morgan fingerprint density at radius 1 is 1.25 bits per heavy atom. The first-order chi connectivity index (χ1) is 9.72. The molecular weight excluding hydrogens is 254 g/mol. The number of para-hydroxylation sites is 1. The molecule has 0 aliphatic rings. The smallest absolute Gasteiger partial charge is 0.216 e. The second kappa shape index (κ2) is 6.96. The molecule has 108 valence electrons. The van der Waals surface area contributed by atoms with Gasteiger partial charge in [-0.05, 0) is 19.1 Å². The van der Waals surface area contributed by atoms with E-state index in [0.717, 1.165) is 36.0 Å². The molecule has 0 saturated carbocycles. The Bertz CT molecular complexity index is 538. The van der Waals surface area contributed by atoms with Gasteiger partial charge in [-0.2, -0.15) is 5.10 Å². The van der Waals surface area contributed by atoms with Gasteiger partial charge < -0.3 is 14.8 Å². The maximum atomic E-state index is 5.62. The lowest BCUT2D eigenvalue weighted by Crippen LogP contribution is -2.21. The average Bonchev–Trinajstić information content (AvgIpc) is 2.73. The molecule has 5 nitrogen and oxygen atoms in total. The number of ether oxygens (including phenoxy) is 2. The van der Waals surface area contributed by atoms with Crippen molar-refractivity contribution in [2.24, 2.45) is 7.05 Å². The van der Waals surface area contributed by atoms with Crippen molar-refractivity contribution >= 4 is 0 Å². The summed E-state index contributed by atoms with van der Waals surface area (Å²) < 4.78 is 12.7. The summed E-state index contributed by atoms with van der Waals surface area (Å²) in [7, 11) is 3.55. The highest BCUT2D eigenvalue weighted by Crippen LogP contribution is 2.20. The third kappa shape index (κ3) is 3.51. The summed E-state index contributed by atoms with van der Waals surface area (Å²) in [6.07, 6.45) is 0. The van der Waals surface area contributed by atoms with Gasteiger partial charge in [0.15, 0.2) is 0 Å². The van der Waals surface area contributed by atoms with Crippen LogP contribution in [0.15, 0.2) is 30.3 Å². The van der Waals surface area contributed by atoms with Gasteiger partial charge in [0.1, 0.15) is 12.4 Å². The zero-order valence-corrected chi connectivity index (χ0v) is 12.2. The van der Waals surface area contributed by atoms with Crippen LogP contribution in [-0.4, -0.2) is 30.0 Å². The van der Waals surface area contributed by atoms with E-state index in [1.165, 1.54) is 0 Å². The van der Waals surface area contributed by atoms with Crippen molar-refractivity contribution in [2.45, 2.75) is 13.5 Å². The van der Waals surface area contributed by atoms with Crippen LogP contribution in [0.25, 0.3) is 0 Å². The van der Waals surface area contributed by atoms with Gasteiger partial charge >= 0.3 is 0 Å². The predicted octanol–water partition coefficient (Wildman–Crippen LogP) is 1.91. The van der Waals surface area contributed by atoms with E-state index < -0.39 is 0 Å². The van der Waals surface area contributed by atoms with Crippen molar-refractivity contribution in [3.05, 3.63) is 41.6 Å². The molecular formula is C15H21N3O2. The first kappa shape index (κ1) is 14.4. The second-order valence-corrected chi connectivity index (χ2v) is 4.54. The molecule has 2 aromatic rings. The van der Waals surface area contributed by atoms with Crippen LogP contribution in [0.3, 0.4) is 0 Å². The molecule has 0 fully saturated rings. The third-order valence-electron chi connectivity index (χ3n) is 3.07. The standard InChI is InChI=1S/C15H21N3O2/c1-12-14(15(19-3)18(2)17-12)11-16-9-10-20-13-7-5-4-6-8-13/h4-8,16H,9-11H2,1-3H3. The number of nitrogens with zero attached hydrogens (tertiary/aromatic N) is 2. The highest BCUT2D eigenvalue weighted by Gasteiger charge is 2.12. The molecule has 0 amide bonds. The quantitative estimate of drug-likeness (QED) is 0.784. The predicted molar refractivity (Wildman–Crippen MR) is 78.1 cm³/mol. The Morgan fingerprint density at radius 2 is 2.00 bits per heavy atom. The highest BCUT2D eigenvalue weighted by atomic mass is 16.5. The van der Waals surface area contributed by atoms with Crippen molar-refractivity contribution in [1.29, 1.82) is 0 Å². The van der Waals surface area contributed by atoms with E-state index in [4.69, 9.17) is 9.47 Å². The SMILES string of the molecule is COc1c(CNCCOc2ccccc2)c(C)nn1C. The molecule has 0 unspecified atom stereocenters. The van der Waals surface area contributed by atoms with Gasteiger partial charge in [0.2, 0.25) is 5.88 Å². The molecule has 0 aliphatic heterocycles.